The first-order valence-corrected chi connectivity index (χ1v) is 5.42. The van der Waals surface area contributed by atoms with Crippen molar-refractivity contribution in [2.75, 3.05) is 5.32 Å². The Hall–Kier alpha value is -1.79. The third kappa shape index (κ3) is 2.72. The molecule has 92 valence electrons. The average Bonchev–Trinajstić information content (AvgIpc) is 2.34. The number of carbonyl (C=O) groups is 1. The average molecular weight is 287 g/mol. The summed E-state index contributed by atoms with van der Waals surface area (Å²) in [5, 5.41) is 2.40. The van der Waals surface area contributed by atoms with E-state index in [-0.39, 0.29) is 21.6 Å². The third-order valence-corrected chi connectivity index (χ3v) is 2.56. The van der Waals surface area contributed by atoms with Crippen LogP contribution in [-0.2, 0) is 0 Å². The van der Waals surface area contributed by atoms with Crippen LogP contribution in [0.4, 0.5) is 10.1 Å². The highest BCUT2D eigenvalue weighted by atomic mass is 35.5. The van der Waals surface area contributed by atoms with Crippen molar-refractivity contribution >= 4 is 34.8 Å². The van der Waals surface area contributed by atoms with Gasteiger partial charge in [-0.05, 0) is 6.07 Å². The largest absolute Gasteiger partial charge is 0.317 e. The summed E-state index contributed by atoms with van der Waals surface area (Å²) in [6.07, 6.45) is 2.33. The molecule has 5 nitrogen and oxygen atoms in total. The number of halogens is 3. The highest BCUT2D eigenvalue weighted by Gasteiger charge is 2.13. The number of pyridine rings is 1. The summed E-state index contributed by atoms with van der Waals surface area (Å²) in [5.41, 5.74) is 0.154. The summed E-state index contributed by atoms with van der Waals surface area (Å²) in [7, 11) is 0. The molecule has 0 unspecified atom stereocenters. The van der Waals surface area contributed by atoms with Gasteiger partial charge in [0.1, 0.15) is 12.0 Å². The van der Waals surface area contributed by atoms with E-state index in [1.54, 1.807) is 0 Å². The van der Waals surface area contributed by atoms with Crippen molar-refractivity contribution < 1.29 is 9.18 Å². The molecule has 2 rings (SSSR count). The van der Waals surface area contributed by atoms with Gasteiger partial charge in [-0.2, -0.15) is 4.39 Å². The van der Waals surface area contributed by atoms with E-state index >= 15 is 0 Å². The third-order valence-electron chi connectivity index (χ3n) is 1.98. The van der Waals surface area contributed by atoms with Crippen LogP contribution in [0.15, 0.2) is 24.7 Å². The number of rotatable bonds is 2. The smallest absolute Gasteiger partial charge is 0.256 e. The lowest BCUT2D eigenvalue weighted by atomic mass is 10.2. The minimum atomic E-state index is -0.760. The van der Waals surface area contributed by atoms with Crippen molar-refractivity contribution in [2.24, 2.45) is 0 Å². The zero-order valence-electron chi connectivity index (χ0n) is 8.69. The summed E-state index contributed by atoms with van der Waals surface area (Å²) in [4.78, 5) is 22.5. The van der Waals surface area contributed by atoms with Crippen LogP contribution >= 0.6 is 23.2 Å². The second-order valence-electron chi connectivity index (χ2n) is 3.15. The quantitative estimate of drug-likeness (QED) is 0.681. The molecule has 0 aliphatic heterocycles. The Balaban J connectivity index is 2.27. The van der Waals surface area contributed by atoms with Crippen LogP contribution in [0.1, 0.15) is 10.4 Å². The number of nitrogens with zero attached hydrogens (tertiary/aromatic N) is 3. The fourth-order valence-corrected chi connectivity index (χ4v) is 1.59. The maximum Gasteiger partial charge on any atom is 0.256 e. The molecule has 0 aliphatic rings. The number of hydrogen-bond donors (Lipinski definition) is 1. The molecule has 0 bridgehead atoms. The molecule has 2 aromatic heterocycles. The molecule has 0 aromatic carbocycles. The van der Waals surface area contributed by atoms with Crippen molar-refractivity contribution in [3.05, 3.63) is 46.5 Å². The number of aromatic nitrogens is 3. The van der Waals surface area contributed by atoms with Crippen molar-refractivity contribution in [1.29, 1.82) is 0 Å². The molecule has 1 N–H and O–H groups in total. The minimum absolute atomic E-state index is 0.00196. The maximum atomic E-state index is 12.9. The standard InChI is InChI=1S/C10H5Cl2FN4O/c11-8-7(9(12)16-4-15-8)17-10(18)5-1-2-14-6(13)3-5/h1-4H,(H,17,18). The van der Waals surface area contributed by atoms with Gasteiger partial charge in [0.25, 0.3) is 5.91 Å². The van der Waals surface area contributed by atoms with Crippen molar-refractivity contribution in [2.45, 2.75) is 0 Å². The molecular formula is C10H5Cl2FN4O. The highest BCUT2D eigenvalue weighted by molar-refractivity contribution is 6.38. The van der Waals surface area contributed by atoms with E-state index in [1.807, 2.05) is 0 Å². The van der Waals surface area contributed by atoms with Gasteiger partial charge >= 0.3 is 0 Å². The van der Waals surface area contributed by atoms with E-state index in [0.29, 0.717) is 0 Å². The van der Waals surface area contributed by atoms with Crippen LogP contribution in [0.2, 0.25) is 10.3 Å². The van der Waals surface area contributed by atoms with E-state index in [0.717, 1.165) is 12.4 Å². The van der Waals surface area contributed by atoms with Gasteiger partial charge in [0.2, 0.25) is 5.95 Å². The summed E-state index contributed by atoms with van der Waals surface area (Å²) >= 11 is 11.5. The molecule has 1 amide bonds. The van der Waals surface area contributed by atoms with Gasteiger partial charge in [-0.15, -0.1) is 0 Å². The molecule has 0 saturated carbocycles. The lowest BCUT2D eigenvalue weighted by Crippen LogP contribution is -2.13. The van der Waals surface area contributed by atoms with E-state index in [2.05, 4.69) is 20.3 Å². The van der Waals surface area contributed by atoms with E-state index in [9.17, 15) is 9.18 Å². The Morgan fingerprint density at radius 2 is 1.89 bits per heavy atom. The van der Waals surface area contributed by atoms with Crippen molar-refractivity contribution in [3.63, 3.8) is 0 Å². The molecule has 0 aliphatic carbocycles. The first-order chi connectivity index (χ1) is 8.58. The molecule has 18 heavy (non-hydrogen) atoms. The molecule has 8 heteroatoms. The zero-order valence-corrected chi connectivity index (χ0v) is 10.2. The van der Waals surface area contributed by atoms with Gasteiger partial charge in [-0.1, -0.05) is 23.2 Å². The van der Waals surface area contributed by atoms with E-state index < -0.39 is 11.9 Å². The number of anilines is 1. The maximum absolute atomic E-state index is 12.9. The Morgan fingerprint density at radius 3 is 2.50 bits per heavy atom. The zero-order chi connectivity index (χ0) is 13.1. The van der Waals surface area contributed by atoms with Crippen LogP contribution in [-0.4, -0.2) is 20.9 Å². The Bertz CT molecular complexity index is 588. The molecule has 0 spiro atoms. The van der Waals surface area contributed by atoms with E-state index in [4.69, 9.17) is 23.2 Å². The van der Waals surface area contributed by atoms with Gasteiger partial charge in [0, 0.05) is 17.8 Å². The first-order valence-electron chi connectivity index (χ1n) is 4.67. The molecular weight excluding hydrogens is 282 g/mol. The van der Waals surface area contributed by atoms with Crippen LogP contribution < -0.4 is 5.32 Å². The lowest BCUT2D eigenvalue weighted by molar-refractivity contribution is 0.102. The predicted molar refractivity (Wildman–Crippen MR) is 64.2 cm³/mol. The van der Waals surface area contributed by atoms with Gasteiger partial charge in [0.15, 0.2) is 10.3 Å². The fraction of sp³-hybridized carbons (Fsp3) is 0. The SMILES string of the molecule is O=C(Nc1c(Cl)ncnc1Cl)c1ccnc(F)c1. The van der Waals surface area contributed by atoms with Crippen molar-refractivity contribution in [1.82, 2.24) is 15.0 Å². The number of nitrogens with one attached hydrogen (secondary N) is 1. The van der Waals surface area contributed by atoms with Gasteiger partial charge in [-0.25, -0.2) is 15.0 Å². The van der Waals surface area contributed by atoms with Gasteiger partial charge in [-0.3, -0.25) is 4.79 Å². The second-order valence-corrected chi connectivity index (χ2v) is 3.87. The van der Waals surface area contributed by atoms with Crippen LogP contribution in [0.3, 0.4) is 0 Å². The summed E-state index contributed by atoms with van der Waals surface area (Å²) in [5.74, 6) is -1.35. The molecule has 2 heterocycles. The number of hydrogen-bond acceptors (Lipinski definition) is 4. The fourth-order valence-electron chi connectivity index (χ4n) is 1.18. The number of amides is 1. The van der Waals surface area contributed by atoms with E-state index in [1.165, 1.54) is 12.3 Å². The molecule has 0 saturated heterocycles. The molecule has 0 atom stereocenters. The highest BCUT2D eigenvalue weighted by Crippen LogP contribution is 2.26. The Morgan fingerprint density at radius 1 is 1.22 bits per heavy atom. The Labute approximate surface area is 111 Å². The number of carbonyl (C=O) groups excluding carboxylic acids is 1. The molecule has 0 fully saturated rings. The second kappa shape index (κ2) is 5.24. The van der Waals surface area contributed by atoms with Gasteiger partial charge in [0.05, 0.1) is 0 Å². The summed E-state index contributed by atoms with van der Waals surface area (Å²) in [6, 6.07) is 2.34. The lowest BCUT2D eigenvalue weighted by Gasteiger charge is -2.07. The van der Waals surface area contributed by atoms with Crippen LogP contribution in [0, 0.1) is 5.95 Å². The topological polar surface area (TPSA) is 67.8 Å². The van der Waals surface area contributed by atoms with Crippen LogP contribution in [0.5, 0.6) is 0 Å². The van der Waals surface area contributed by atoms with Gasteiger partial charge < -0.3 is 5.32 Å². The first kappa shape index (κ1) is 12.7. The summed E-state index contributed by atoms with van der Waals surface area (Å²) < 4.78 is 12.9. The normalized spacial score (nSPS) is 10.2. The van der Waals surface area contributed by atoms with Crippen molar-refractivity contribution in [3.8, 4) is 0 Å². The molecule has 2 aromatic rings. The molecule has 0 radical (unpaired) electrons. The Kier molecular flexibility index (Phi) is 3.69. The predicted octanol–water partition coefficient (Wildman–Crippen LogP) is 2.57. The van der Waals surface area contributed by atoms with Crippen LogP contribution in [0.25, 0.3) is 0 Å². The monoisotopic (exact) mass is 286 g/mol. The summed E-state index contributed by atoms with van der Waals surface area (Å²) in [6.45, 7) is 0. The minimum Gasteiger partial charge on any atom is -0.317 e.